The zero-order valence-corrected chi connectivity index (χ0v) is 14.3. The van der Waals surface area contributed by atoms with E-state index in [1.807, 2.05) is 0 Å². The Bertz CT molecular complexity index is 909. The maximum absolute atomic E-state index is 12.3. The molecule has 0 atom stereocenters. The van der Waals surface area contributed by atoms with Crippen LogP contribution >= 0.6 is 0 Å². The van der Waals surface area contributed by atoms with Gasteiger partial charge in [-0.15, -0.1) is 0 Å². The number of anilines is 1. The predicted molar refractivity (Wildman–Crippen MR) is 96.1 cm³/mol. The van der Waals surface area contributed by atoms with E-state index >= 15 is 0 Å². The van der Waals surface area contributed by atoms with Crippen molar-refractivity contribution < 1.29 is 24.3 Å². The molecule has 0 radical (unpaired) electrons. The van der Waals surface area contributed by atoms with Gasteiger partial charge in [0.2, 0.25) is 11.8 Å². The molecule has 27 heavy (non-hydrogen) atoms. The number of carboxylic acid groups (broad SMARTS) is 1. The molecule has 138 valence electrons. The lowest BCUT2D eigenvalue weighted by Gasteiger charge is -2.13. The highest BCUT2D eigenvalue weighted by atomic mass is 16.4. The van der Waals surface area contributed by atoms with Crippen LogP contribution in [0.5, 0.6) is 0 Å². The first-order valence-corrected chi connectivity index (χ1v) is 8.22. The molecule has 0 unspecified atom stereocenters. The highest BCUT2D eigenvalue weighted by Crippen LogP contribution is 2.16. The van der Waals surface area contributed by atoms with Gasteiger partial charge in [0.1, 0.15) is 0 Å². The third-order valence-corrected chi connectivity index (χ3v) is 4.09. The third-order valence-electron chi connectivity index (χ3n) is 4.09. The SMILES string of the molecule is O=C(Cc1ccccc1C(=O)O)Nc1cccc(CN2C(=O)CNC2=O)c1. The summed E-state index contributed by atoms with van der Waals surface area (Å²) in [5, 5.41) is 14.3. The number of carbonyl (C=O) groups excluding carboxylic acids is 3. The molecule has 0 spiro atoms. The molecule has 0 bridgehead atoms. The second-order valence-corrected chi connectivity index (χ2v) is 6.03. The fraction of sp³-hybridized carbons (Fsp3) is 0.158. The Balaban J connectivity index is 1.68. The normalized spacial score (nSPS) is 13.4. The van der Waals surface area contributed by atoms with Gasteiger partial charge in [-0.2, -0.15) is 0 Å². The van der Waals surface area contributed by atoms with E-state index in [9.17, 15) is 24.3 Å². The van der Waals surface area contributed by atoms with E-state index in [0.29, 0.717) is 16.8 Å². The highest BCUT2D eigenvalue weighted by Gasteiger charge is 2.28. The third kappa shape index (κ3) is 4.30. The van der Waals surface area contributed by atoms with Crippen molar-refractivity contribution in [2.24, 2.45) is 0 Å². The molecule has 2 aromatic carbocycles. The Hall–Kier alpha value is -3.68. The van der Waals surface area contributed by atoms with Crippen LogP contribution in [0.2, 0.25) is 0 Å². The number of carboxylic acids is 1. The summed E-state index contributed by atoms with van der Waals surface area (Å²) in [5.41, 5.74) is 1.68. The summed E-state index contributed by atoms with van der Waals surface area (Å²) in [5.74, 6) is -1.76. The summed E-state index contributed by atoms with van der Waals surface area (Å²) >= 11 is 0. The number of amides is 4. The maximum Gasteiger partial charge on any atom is 0.335 e. The number of rotatable bonds is 6. The van der Waals surface area contributed by atoms with E-state index in [4.69, 9.17) is 0 Å². The molecular formula is C19H17N3O5. The molecular weight excluding hydrogens is 350 g/mol. The molecule has 8 nitrogen and oxygen atoms in total. The van der Waals surface area contributed by atoms with Gasteiger partial charge in [0.15, 0.2) is 0 Å². The number of carbonyl (C=O) groups is 4. The van der Waals surface area contributed by atoms with Crippen molar-refractivity contribution >= 4 is 29.5 Å². The van der Waals surface area contributed by atoms with Crippen molar-refractivity contribution in [3.8, 4) is 0 Å². The summed E-state index contributed by atoms with van der Waals surface area (Å²) in [4.78, 5) is 47.9. The van der Waals surface area contributed by atoms with Crippen LogP contribution in [0.3, 0.4) is 0 Å². The van der Waals surface area contributed by atoms with Gasteiger partial charge in [-0.05, 0) is 29.3 Å². The smallest absolute Gasteiger partial charge is 0.335 e. The van der Waals surface area contributed by atoms with Crippen LogP contribution in [0, 0.1) is 0 Å². The fourth-order valence-corrected chi connectivity index (χ4v) is 2.81. The molecule has 3 N–H and O–H groups in total. The van der Waals surface area contributed by atoms with Gasteiger partial charge in [0.05, 0.1) is 25.1 Å². The number of nitrogens with one attached hydrogen (secondary N) is 2. The largest absolute Gasteiger partial charge is 0.478 e. The van der Waals surface area contributed by atoms with Gasteiger partial charge < -0.3 is 15.7 Å². The van der Waals surface area contributed by atoms with Crippen molar-refractivity contribution in [2.45, 2.75) is 13.0 Å². The lowest BCUT2D eigenvalue weighted by atomic mass is 10.0. The second-order valence-electron chi connectivity index (χ2n) is 6.03. The zero-order valence-electron chi connectivity index (χ0n) is 14.3. The Morgan fingerprint density at radius 3 is 2.59 bits per heavy atom. The van der Waals surface area contributed by atoms with Gasteiger partial charge in [-0.25, -0.2) is 9.59 Å². The molecule has 2 aromatic rings. The van der Waals surface area contributed by atoms with E-state index < -0.39 is 12.0 Å². The molecule has 3 rings (SSSR count). The number of urea groups is 1. The summed E-state index contributed by atoms with van der Waals surface area (Å²) in [6.07, 6.45) is -0.0836. The molecule has 0 saturated carbocycles. The molecule has 1 aliphatic heterocycles. The van der Waals surface area contributed by atoms with Crippen LogP contribution in [-0.2, 0) is 22.6 Å². The maximum atomic E-state index is 12.3. The number of aromatic carboxylic acids is 1. The highest BCUT2D eigenvalue weighted by molar-refractivity contribution is 6.02. The lowest BCUT2D eigenvalue weighted by Crippen LogP contribution is -2.30. The Morgan fingerprint density at radius 1 is 1.11 bits per heavy atom. The van der Waals surface area contributed by atoms with Crippen molar-refractivity contribution in [3.63, 3.8) is 0 Å². The second kappa shape index (κ2) is 7.69. The first-order valence-electron chi connectivity index (χ1n) is 8.22. The lowest BCUT2D eigenvalue weighted by molar-refractivity contribution is -0.125. The van der Waals surface area contributed by atoms with Gasteiger partial charge in [0, 0.05) is 5.69 Å². The number of hydrogen-bond donors (Lipinski definition) is 3. The summed E-state index contributed by atoms with van der Waals surface area (Å²) in [6, 6.07) is 12.7. The van der Waals surface area contributed by atoms with Crippen LogP contribution in [0.4, 0.5) is 10.5 Å². The van der Waals surface area contributed by atoms with Crippen molar-refractivity contribution in [1.82, 2.24) is 10.2 Å². The molecule has 1 aliphatic rings. The Morgan fingerprint density at radius 2 is 1.89 bits per heavy atom. The molecule has 8 heteroatoms. The van der Waals surface area contributed by atoms with E-state index in [-0.39, 0.29) is 36.9 Å². The topological polar surface area (TPSA) is 116 Å². The first-order chi connectivity index (χ1) is 12.9. The van der Waals surface area contributed by atoms with Gasteiger partial charge in [0.25, 0.3) is 0 Å². The average Bonchev–Trinajstić information content (AvgIpc) is 2.94. The molecule has 4 amide bonds. The molecule has 1 saturated heterocycles. The monoisotopic (exact) mass is 367 g/mol. The van der Waals surface area contributed by atoms with E-state index in [1.165, 1.54) is 6.07 Å². The van der Waals surface area contributed by atoms with Crippen molar-refractivity contribution in [2.75, 3.05) is 11.9 Å². The van der Waals surface area contributed by atoms with Crippen LogP contribution < -0.4 is 10.6 Å². The van der Waals surface area contributed by atoms with Crippen LogP contribution in [0.15, 0.2) is 48.5 Å². The van der Waals surface area contributed by atoms with E-state index in [1.54, 1.807) is 42.5 Å². The van der Waals surface area contributed by atoms with Crippen LogP contribution in [0.1, 0.15) is 21.5 Å². The van der Waals surface area contributed by atoms with Crippen LogP contribution in [0.25, 0.3) is 0 Å². The fourth-order valence-electron chi connectivity index (χ4n) is 2.81. The van der Waals surface area contributed by atoms with Crippen molar-refractivity contribution in [1.29, 1.82) is 0 Å². The van der Waals surface area contributed by atoms with Crippen molar-refractivity contribution in [3.05, 3.63) is 65.2 Å². The summed E-state index contributed by atoms with van der Waals surface area (Å²) in [6.45, 7) is 0.0917. The number of benzene rings is 2. The minimum absolute atomic E-state index is 0.0156. The standard InChI is InChI=1S/C19H17N3O5/c23-16(9-13-5-1-2-7-15(13)18(25)26)21-14-6-3-4-12(8-14)11-22-17(24)10-20-19(22)27/h1-8H,9-11H2,(H,20,27)(H,21,23)(H,25,26). The number of hydrogen-bond acceptors (Lipinski definition) is 4. The number of imide groups is 1. The molecule has 1 fully saturated rings. The Labute approximate surface area is 154 Å². The minimum atomic E-state index is -1.09. The predicted octanol–water partition coefficient (Wildman–Crippen LogP) is 1.62. The number of nitrogens with zero attached hydrogens (tertiary/aromatic N) is 1. The Kier molecular flexibility index (Phi) is 5.16. The zero-order chi connectivity index (χ0) is 19.4. The van der Waals surface area contributed by atoms with E-state index in [2.05, 4.69) is 10.6 Å². The summed E-state index contributed by atoms with van der Waals surface area (Å²) < 4.78 is 0. The van der Waals surface area contributed by atoms with E-state index in [0.717, 1.165) is 4.90 Å². The average molecular weight is 367 g/mol. The van der Waals surface area contributed by atoms with Crippen LogP contribution in [-0.4, -0.2) is 40.4 Å². The molecule has 1 heterocycles. The van der Waals surface area contributed by atoms with Gasteiger partial charge in [-0.3, -0.25) is 14.5 Å². The molecule has 0 aliphatic carbocycles. The molecule has 0 aromatic heterocycles. The van der Waals surface area contributed by atoms with Gasteiger partial charge in [-0.1, -0.05) is 30.3 Å². The first kappa shape index (κ1) is 18.1. The minimum Gasteiger partial charge on any atom is -0.478 e. The van der Waals surface area contributed by atoms with Gasteiger partial charge >= 0.3 is 12.0 Å². The summed E-state index contributed by atoms with van der Waals surface area (Å²) in [7, 11) is 0. The quantitative estimate of drug-likeness (QED) is 0.671.